The van der Waals surface area contributed by atoms with Crippen LogP contribution in [0.3, 0.4) is 0 Å². The predicted molar refractivity (Wildman–Crippen MR) is 91.4 cm³/mol. The van der Waals surface area contributed by atoms with Gasteiger partial charge in [-0.1, -0.05) is 37.4 Å². The summed E-state index contributed by atoms with van der Waals surface area (Å²) in [4.78, 5) is 16.3. The molecule has 4 nitrogen and oxygen atoms in total. The Morgan fingerprint density at radius 2 is 2.22 bits per heavy atom. The van der Waals surface area contributed by atoms with Crippen molar-refractivity contribution >= 4 is 23.6 Å². The number of unbranched alkanes of at least 4 members (excludes halogenated alkanes) is 2. The number of esters is 1. The Balaban J connectivity index is 1.91. The molecule has 0 saturated heterocycles. The van der Waals surface area contributed by atoms with E-state index in [0.29, 0.717) is 17.3 Å². The van der Waals surface area contributed by atoms with Crippen LogP contribution in [0.5, 0.6) is 5.75 Å². The summed E-state index contributed by atoms with van der Waals surface area (Å²) in [5.41, 5.74) is 0. The van der Waals surface area contributed by atoms with Crippen molar-refractivity contribution < 1.29 is 14.3 Å². The van der Waals surface area contributed by atoms with Crippen LogP contribution in [0, 0.1) is 0 Å². The van der Waals surface area contributed by atoms with Gasteiger partial charge in [0.1, 0.15) is 11.1 Å². The summed E-state index contributed by atoms with van der Waals surface area (Å²) in [5.74, 6) is 0.230. The average Bonchev–Trinajstić information content (AvgIpc) is 2.55. The molecule has 1 heterocycles. The van der Waals surface area contributed by atoms with E-state index in [-0.39, 0.29) is 18.7 Å². The Morgan fingerprint density at radius 1 is 1.39 bits per heavy atom. The van der Waals surface area contributed by atoms with Gasteiger partial charge in [0.2, 0.25) is 0 Å². The molecular formula is C18H24ClNO3. The topological polar surface area (TPSA) is 47.9 Å². The van der Waals surface area contributed by atoms with Crippen molar-refractivity contribution in [3.63, 3.8) is 0 Å². The number of carbonyl (C=O) groups is 1. The number of nitrogens with zero attached hydrogens (tertiary/aromatic N) is 1. The van der Waals surface area contributed by atoms with E-state index in [0.717, 1.165) is 42.7 Å². The maximum atomic E-state index is 11.9. The number of halogens is 1. The summed E-state index contributed by atoms with van der Waals surface area (Å²) in [7, 11) is 0. The molecule has 1 aliphatic rings. The maximum Gasteiger partial charge on any atom is 0.344 e. The molecule has 23 heavy (non-hydrogen) atoms. The van der Waals surface area contributed by atoms with Gasteiger partial charge < -0.3 is 9.47 Å². The maximum absolute atomic E-state index is 11.9. The average molecular weight is 338 g/mol. The van der Waals surface area contributed by atoms with Gasteiger partial charge in [-0.05, 0) is 38.3 Å². The van der Waals surface area contributed by atoms with Crippen LogP contribution >= 0.6 is 11.6 Å². The minimum atomic E-state index is -0.350. The van der Waals surface area contributed by atoms with Crippen molar-refractivity contribution in [2.45, 2.75) is 52.1 Å². The van der Waals surface area contributed by atoms with Crippen molar-refractivity contribution in [2.75, 3.05) is 13.2 Å². The summed E-state index contributed by atoms with van der Waals surface area (Å²) in [6, 6.07) is 3.52. The lowest BCUT2D eigenvalue weighted by Crippen LogP contribution is -2.32. The number of hydrogen-bond acceptors (Lipinski definition) is 4. The van der Waals surface area contributed by atoms with Crippen molar-refractivity contribution in [1.29, 1.82) is 0 Å². The highest BCUT2D eigenvalue weighted by atomic mass is 35.5. The molecule has 1 aliphatic heterocycles. The van der Waals surface area contributed by atoms with Gasteiger partial charge in [0.15, 0.2) is 6.61 Å². The Kier molecular flexibility index (Phi) is 6.90. The van der Waals surface area contributed by atoms with E-state index in [9.17, 15) is 4.79 Å². The fourth-order valence-electron chi connectivity index (χ4n) is 2.56. The Hall–Kier alpha value is -1.55. The molecule has 0 fully saturated rings. The molecule has 0 N–H and O–H groups in total. The first-order valence-corrected chi connectivity index (χ1v) is 8.65. The standard InChI is InChI=1S/C18H24ClNO3/c1-3-4-5-7-13(2)23-17(21)12-22-16-10-9-15(19)14-8-6-11-20-18(14)16/h8-10,13H,3-7,11-12H2,1-2H3. The number of ether oxygens (including phenoxy) is 2. The highest BCUT2D eigenvalue weighted by Gasteiger charge is 2.12. The zero-order chi connectivity index (χ0) is 16.7. The van der Waals surface area contributed by atoms with E-state index < -0.39 is 0 Å². The van der Waals surface area contributed by atoms with Gasteiger partial charge >= 0.3 is 5.97 Å². The summed E-state index contributed by atoms with van der Waals surface area (Å²) < 4.78 is 11.0. The summed E-state index contributed by atoms with van der Waals surface area (Å²) in [5, 5.41) is 2.27. The van der Waals surface area contributed by atoms with Crippen molar-refractivity contribution in [3.8, 4) is 5.75 Å². The van der Waals surface area contributed by atoms with E-state index in [2.05, 4.69) is 11.9 Å². The second-order valence-electron chi connectivity index (χ2n) is 5.77. The molecule has 0 aromatic heterocycles. The lowest BCUT2D eigenvalue weighted by molar-refractivity contribution is -0.150. The highest BCUT2D eigenvalue weighted by Crippen LogP contribution is 2.10. The molecule has 0 amide bonds. The smallest absolute Gasteiger partial charge is 0.344 e. The fourth-order valence-corrected chi connectivity index (χ4v) is 2.79. The van der Waals surface area contributed by atoms with Crippen LogP contribution in [0.2, 0.25) is 5.02 Å². The molecule has 0 saturated carbocycles. The van der Waals surface area contributed by atoms with Crippen molar-refractivity contribution in [3.05, 3.63) is 27.7 Å². The first kappa shape index (κ1) is 17.8. The molecule has 2 rings (SSSR count). The molecule has 0 spiro atoms. The van der Waals surface area contributed by atoms with Crippen molar-refractivity contribution in [1.82, 2.24) is 0 Å². The normalized spacial score (nSPS) is 14.2. The van der Waals surface area contributed by atoms with E-state index in [4.69, 9.17) is 21.1 Å². The SMILES string of the molecule is CCCCCC(C)OC(=O)COc1ccc(Cl)c2c1=NCCC=2. The molecule has 126 valence electrons. The second-order valence-corrected chi connectivity index (χ2v) is 6.17. The van der Waals surface area contributed by atoms with E-state index >= 15 is 0 Å². The Labute approximate surface area is 142 Å². The van der Waals surface area contributed by atoms with E-state index in [1.54, 1.807) is 12.1 Å². The molecule has 5 heteroatoms. The molecule has 0 bridgehead atoms. The minimum Gasteiger partial charge on any atom is -0.480 e. The summed E-state index contributed by atoms with van der Waals surface area (Å²) in [6.45, 7) is 4.67. The number of fused-ring (bicyclic) bond motifs is 1. The monoisotopic (exact) mass is 337 g/mol. The molecule has 1 aromatic carbocycles. The molecular weight excluding hydrogens is 314 g/mol. The molecule has 0 radical (unpaired) electrons. The third kappa shape index (κ3) is 5.24. The fraction of sp³-hybridized carbons (Fsp3) is 0.556. The lowest BCUT2D eigenvalue weighted by Gasteiger charge is -2.14. The van der Waals surface area contributed by atoms with E-state index in [1.807, 2.05) is 13.0 Å². The quantitative estimate of drug-likeness (QED) is 0.541. The van der Waals surface area contributed by atoms with Crippen LogP contribution in [-0.2, 0) is 9.53 Å². The summed E-state index contributed by atoms with van der Waals surface area (Å²) in [6.07, 6.45) is 7.12. The van der Waals surface area contributed by atoms with Gasteiger partial charge in [-0.25, -0.2) is 4.79 Å². The zero-order valence-electron chi connectivity index (χ0n) is 13.8. The van der Waals surface area contributed by atoms with Crippen LogP contribution in [-0.4, -0.2) is 25.2 Å². The third-order valence-electron chi connectivity index (χ3n) is 3.77. The first-order chi connectivity index (χ1) is 11.1. The van der Waals surface area contributed by atoms with Gasteiger partial charge in [-0.3, -0.25) is 4.99 Å². The largest absolute Gasteiger partial charge is 0.480 e. The molecule has 1 aromatic rings. The number of hydrogen-bond donors (Lipinski definition) is 0. The Bertz CT molecular complexity index is 657. The molecule has 1 unspecified atom stereocenters. The van der Waals surface area contributed by atoms with Crippen molar-refractivity contribution in [2.24, 2.45) is 4.99 Å². The lowest BCUT2D eigenvalue weighted by atomic mass is 10.1. The molecule has 1 atom stereocenters. The number of carbonyl (C=O) groups excluding carboxylic acids is 1. The van der Waals surface area contributed by atoms with Gasteiger partial charge in [0, 0.05) is 16.8 Å². The van der Waals surface area contributed by atoms with Gasteiger partial charge in [0.05, 0.1) is 6.10 Å². The molecule has 0 aliphatic carbocycles. The van der Waals surface area contributed by atoms with Crippen LogP contribution in [0.25, 0.3) is 6.08 Å². The number of benzene rings is 1. The summed E-state index contributed by atoms with van der Waals surface area (Å²) >= 11 is 6.17. The first-order valence-electron chi connectivity index (χ1n) is 8.27. The minimum absolute atomic E-state index is 0.0743. The number of rotatable bonds is 8. The zero-order valence-corrected chi connectivity index (χ0v) is 14.6. The van der Waals surface area contributed by atoms with Crippen LogP contribution in [0.4, 0.5) is 0 Å². The second kappa shape index (κ2) is 8.92. The highest BCUT2D eigenvalue weighted by molar-refractivity contribution is 6.30. The third-order valence-corrected chi connectivity index (χ3v) is 4.10. The Morgan fingerprint density at radius 3 is 3.00 bits per heavy atom. The van der Waals surface area contributed by atoms with Gasteiger partial charge in [-0.2, -0.15) is 0 Å². The predicted octanol–water partition coefficient (Wildman–Crippen LogP) is 3.03. The van der Waals surface area contributed by atoms with E-state index in [1.165, 1.54) is 0 Å². The van der Waals surface area contributed by atoms with Crippen LogP contribution < -0.4 is 15.3 Å². The van der Waals surface area contributed by atoms with Gasteiger partial charge in [0.25, 0.3) is 0 Å². The van der Waals surface area contributed by atoms with Gasteiger partial charge in [-0.15, -0.1) is 0 Å². The van der Waals surface area contributed by atoms with Crippen LogP contribution in [0.1, 0.15) is 46.0 Å². The van der Waals surface area contributed by atoms with Crippen LogP contribution in [0.15, 0.2) is 17.1 Å².